The Bertz CT molecular complexity index is 753. The first kappa shape index (κ1) is 24.3. The zero-order chi connectivity index (χ0) is 20.9. The van der Waals surface area contributed by atoms with Gasteiger partial charge in [0.2, 0.25) is 0 Å². The van der Waals surface area contributed by atoms with Crippen molar-refractivity contribution in [2.45, 2.75) is 69.4 Å². The molecule has 2 aliphatic rings. The van der Waals surface area contributed by atoms with Gasteiger partial charge in [-0.3, -0.25) is 14.9 Å². The zero-order valence-electron chi connectivity index (χ0n) is 17.7. The summed E-state index contributed by atoms with van der Waals surface area (Å²) in [5.74, 6) is 1.01. The molecule has 7 nitrogen and oxygen atoms in total. The van der Waals surface area contributed by atoms with Gasteiger partial charge in [-0.2, -0.15) is 5.26 Å². The van der Waals surface area contributed by atoms with Crippen molar-refractivity contribution in [1.29, 1.82) is 5.26 Å². The van der Waals surface area contributed by atoms with Crippen molar-refractivity contribution in [3.63, 3.8) is 0 Å². The van der Waals surface area contributed by atoms with Gasteiger partial charge in [-0.1, -0.05) is 13.0 Å². The van der Waals surface area contributed by atoms with E-state index in [9.17, 15) is 10.1 Å². The molecule has 30 heavy (non-hydrogen) atoms. The van der Waals surface area contributed by atoms with Crippen LogP contribution in [-0.4, -0.2) is 48.4 Å². The normalized spacial score (nSPS) is 19.9. The van der Waals surface area contributed by atoms with E-state index >= 15 is 0 Å². The van der Waals surface area contributed by atoms with Gasteiger partial charge in [0.15, 0.2) is 11.5 Å². The standard InChI is InChI=1S/C22H31N3O4.ClH/c1-3-18(21(26)24-27)25-12-10-22(15-23,11-13-25)16-8-9-19(28-2)20(14-16)29-17-6-4-5-7-17;/h8-9,14,17-18,27H,3-7,10-13H2,1-2H3,(H,24,26);1H. The lowest BCUT2D eigenvalue weighted by molar-refractivity contribution is -0.135. The van der Waals surface area contributed by atoms with Crippen molar-refractivity contribution in [2.75, 3.05) is 20.2 Å². The fraction of sp³-hybridized carbons (Fsp3) is 0.636. The summed E-state index contributed by atoms with van der Waals surface area (Å²) < 4.78 is 11.7. The van der Waals surface area contributed by atoms with Gasteiger partial charge in [-0.05, 0) is 62.6 Å². The van der Waals surface area contributed by atoms with E-state index in [1.165, 1.54) is 12.8 Å². The predicted molar refractivity (Wildman–Crippen MR) is 115 cm³/mol. The van der Waals surface area contributed by atoms with Crippen LogP contribution in [0.25, 0.3) is 0 Å². The summed E-state index contributed by atoms with van der Waals surface area (Å²) in [4.78, 5) is 14.0. The highest BCUT2D eigenvalue weighted by molar-refractivity contribution is 5.85. The van der Waals surface area contributed by atoms with Crippen molar-refractivity contribution in [1.82, 2.24) is 10.4 Å². The molecule has 0 radical (unpaired) electrons. The third-order valence-electron chi connectivity index (χ3n) is 6.42. The van der Waals surface area contributed by atoms with E-state index in [1.807, 2.05) is 30.0 Å². The van der Waals surface area contributed by atoms with Gasteiger partial charge in [0.1, 0.15) is 0 Å². The smallest absolute Gasteiger partial charge is 0.260 e. The molecule has 0 aromatic heterocycles. The Morgan fingerprint density at radius 3 is 2.53 bits per heavy atom. The van der Waals surface area contributed by atoms with Crippen molar-refractivity contribution < 1.29 is 19.5 Å². The molecule has 2 N–H and O–H groups in total. The van der Waals surface area contributed by atoms with Gasteiger partial charge in [-0.15, -0.1) is 12.4 Å². The molecule has 1 atom stereocenters. The first-order valence-corrected chi connectivity index (χ1v) is 10.5. The molecule has 0 spiro atoms. The number of hydrogen-bond donors (Lipinski definition) is 2. The van der Waals surface area contributed by atoms with E-state index in [-0.39, 0.29) is 24.6 Å². The Labute approximate surface area is 184 Å². The summed E-state index contributed by atoms with van der Waals surface area (Å²) in [6, 6.07) is 7.97. The Morgan fingerprint density at radius 2 is 2.00 bits per heavy atom. The van der Waals surface area contributed by atoms with Gasteiger partial charge in [0.25, 0.3) is 5.91 Å². The first-order chi connectivity index (χ1) is 14.1. The molecule has 1 saturated carbocycles. The molecule has 166 valence electrons. The molecule has 3 rings (SSSR count). The van der Waals surface area contributed by atoms with Gasteiger partial charge in [0.05, 0.1) is 30.7 Å². The number of methoxy groups -OCH3 is 1. The number of rotatable bonds is 7. The molecule has 1 aromatic carbocycles. The van der Waals surface area contributed by atoms with Gasteiger partial charge in [0, 0.05) is 13.1 Å². The number of piperidine rings is 1. The number of hydrogen-bond acceptors (Lipinski definition) is 6. The summed E-state index contributed by atoms with van der Waals surface area (Å²) in [5.41, 5.74) is 2.08. The molecule has 2 fully saturated rings. The molecule has 1 aliphatic carbocycles. The van der Waals surface area contributed by atoms with E-state index in [0.29, 0.717) is 43.9 Å². The number of nitrogens with one attached hydrogen (secondary N) is 1. The maximum atomic E-state index is 11.9. The van der Waals surface area contributed by atoms with E-state index in [1.54, 1.807) is 12.6 Å². The number of benzene rings is 1. The molecule has 1 aliphatic heterocycles. The Morgan fingerprint density at radius 1 is 1.33 bits per heavy atom. The second kappa shape index (κ2) is 10.9. The summed E-state index contributed by atoms with van der Waals surface area (Å²) in [6.07, 6.45) is 6.53. The van der Waals surface area contributed by atoms with Crippen LogP contribution in [0.5, 0.6) is 11.5 Å². The fourth-order valence-electron chi connectivity index (χ4n) is 4.62. The van der Waals surface area contributed by atoms with E-state index in [2.05, 4.69) is 6.07 Å². The largest absolute Gasteiger partial charge is 0.493 e. The quantitative estimate of drug-likeness (QED) is 0.500. The minimum absolute atomic E-state index is 0. The lowest BCUT2D eigenvalue weighted by atomic mass is 9.73. The fourth-order valence-corrected chi connectivity index (χ4v) is 4.62. The number of amides is 1. The molecular formula is C22H32ClN3O4. The number of nitriles is 1. The van der Waals surface area contributed by atoms with Crippen LogP contribution in [-0.2, 0) is 10.2 Å². The Kier molecular flexibility index (Phi) is 8.78. The molecule has 1 unspecified atom stereocenters. The van der Waals surface area contributed by atoms with Crippen LogP contribution >= 0.6 is 12.4 Å². The van der Waals surface area contributed by atoms with Crippen LogP contribution < -0.4 is 15.0 Å². The second-order valence-electron chi connectivity index (χ2n) is 8.02. The number of carbonyl (C=O) groups excluding carboxylic acids is 1. The third-order valence-corrected chi connectivity index (χ3v) is 6.42. The molecule has 8 heteroatoms. The van der Waals surface area contributed by atoms with Gasteiger partial charge in [-0.25, -0.2) is 5.48 Å². The molecule has 0 bridgehead atoms. The highest BCUT2D eigenvalue weighted by Gasteiger charge is 2.39. The zero-order valence-corrected chi connectivity index (χ0v) is 18.5. The molecule has 1 heterocycles. The van der Waals surface area contributed by atoms with Crippen LogP contribution in [0.15, 0.2) is 18.2 Å². The second-order valence-corrected chi connectivity index (χ2v) is 8.02. The van der Waals surface area contributed by atoms with Crippen LogP contribution in [0.4, 0.5) is 0 Å². The average molecular weight is 438 g/mol. The van der Waals surface area contributed by atoms with Crippen LogP contribution in [0.2, 0.25) is 0 Å². The maximum Gasteiger partial charge on any atom is 0.260 e. The molecular weight excluding hydrogens is 406 g/mol. The molecule has 1 saturated heterocycles. The predicted octanol–water partition coefficient (Wildman–Crippen LogP) is 3.58. The van der Waals surface area contributed by atoms with Crippen molar-refractivity contribution >= 4 is 18.3 Å². The molecule has 1 amide bonds. The minimum atomic E-state index is -0.620. The summed E-state index contributed by atoms with van der Waals surface area (Å²) in [6.45, 7) is 3.15. The lowest BCUT2D eigenvalue weighted by Crippen LogP contribution is -2.51. The number of ether oxygens (including phenoxy) is 2. The van der Waals surface area contributed by atoms with E-state index in [0.717, 1.165) is 18.4 Å². The van der Waals surface area contributed by atoms with Gasteiger partial charge >= 0.3 is 0 Å². The van der Waals surface area contributed by atoms with Crippen molar-refractivity contribution in [3.05, 3.63) is 23.8 Å². The van der Waals surface area contributed by atoms with Crippen molar-refractivity contribution in [3.8, 4) is 17.6 Å². The van der Waals surface area contributed by atoms with Crippen molar-refractivity contribution in [2.24, 2.45) is 0 Å². The highest BCUT2D eigenvalue weighted by atomic mass is 35.5. The monoisotopic (exact) mass is 437 g/mol. The van der Waals surface area contributed by atoms with Crippen LogP contribution in [0, 0.1) is 11.3 Å². The number of halogens is 1. The maximum absolute atomic E-state index is 11.9. The number of nitrogens with zero attached hydrogens (tertiary/aromatic N) is 2. The topological polar surface area (TPSA) is 94.8 Å². The lowest BCUT2D eigenvalue weighted by Gasteiger charge is -2.40. The van der Waals surface area contributed by atoms with Gasteiger partial charge < -0.3 is 9.47 Å². The summed E-state index contributed by atoms with van der Waals surface area (Å²) in [5, 5.41) is 19.1. The minimum Gasteiger partial charge on any atom is -0.493 e. The summed E-state index contributed by atoms with van der Waals surface area (Å²) >= 11 is 0. The Hall–Kier alpha value is -2.01. The first-order valence-electron chi connectivity index (χ1n) is 10.5. The number of likely N-dealkylation sites (tertiary alicyclic amines) is 1. The SMILES string of the molecule is CCC(C(=O)NO)N1CCC(C#N)(c2ccc(OC)c(OC3CCCC3)c2)CC1.Cl. The number of carbonyl (C=O) groups is 1. The number of hydroxylamine groups is 1. The summed E-state index contributed by atoms with van der Waals surface area (Å²) in [7, 11) is 1.63. The van der Waals surface area contributed by atoms with Crippen LogP contribution in [0.3, 0.4) is 0 Å². The Balaban J connectivity index is 0.00000320. The van der Waals surface area contributed by atoms with Crippen LogP contribution in [0.1, 0.15) is 57.4 Å². The van der Waals surface area contributed by atoms with E-state index < -0.39 is 11.3 Å². The average Bonchev–Trinajstić information content (AvgIpc) is 3.27. The highest BCUT2D eigenvalue weighted by Crippen LogP contribution is 2.40. The third kappa shape index (κ3) is 5.00. The molecule has 1 aromatic rings. The van der Waals surface area contributed by atoms with E-state index in [4.69, 9.17) is 14.7 Å².